The van der Waals surface area contributed by atoms with Gasteiger partial charge in [-0.05, 0) is 37.1 Å². The highest BCUT2D eigenvalue weighted by Crippen LogP contribution is 2.20. The van der Waals surface area contributed by atoms with Gasteiger partial charge < -0.3 is 14.6 Å². The molecule has 0 aliphatic heterocycles. The predicted octanol–water partition coefficient (Wildman–Crippen LogP) is 3.95. The van der Waals surface area contributed by atoms with E-state index in [1.54, 1.807) is 0 Å². The minimum atomic E-state index is 0.602. The summed E-state index contributed by atoms with van der Waals surface area (Å²) >= 11 is 0. The smallest absolute Gasteiger partial charge is 0.124 e. The summed E-state index contributed by atoms with van der Waals surface area (Å²) < 4.78 is 8.17. The van der Waals surface area contributed by atoms with E-state index in [-0.39, 0.29) is 0 Å². The maximum absolute atomic E-state index is 6.07. The molecule has 130 valence electrons. The third kappa shape index (κ3) is 5.19. The predicted molar refractivity (Wildman–Crippen MR) is 101 cm³/mol. The minimum Gasteiger partial charge on any atom is -0.489 e. The number of hydrogen-bond donors (Lipinski definition) is 1. The molecule has 0 amide bonds. The summed E-state index contributed by atoms with van der Waals surface area (Å²) in [6, 6.07) is 16.6. The number of ether oxygens (including phenoxy) is 1. The lowest BCUT2D eigenvalue weighted by Gasteiger charge is -2.13. The summed E-state index contributed by atoms with van der Waals surface area (Å²) in [5.41, 5.74) is 3.68. The van der Waals surface area contributed by atoms with Crippen LogP contribution in [0.2, 0.25) is 0 Å². The summed E-state index contributed by atoms with van der Waals surface area (Å²) in [4.78, 5) is 4.06. The van der Waals surface area contributed by atoms with Gasteiger partial charge in [-0.1, -0.05) is 42.5 Å². The molecule has 0 atom stereocenters. The number of rotatable bonds is 9. The zero-order valence-electron chi connectivity index (χ0n) is 14.7. The third-order valence-corrected chi connectivity index (χ3v) is 4.26. The summed E-state index contributed by atoms with van der Waals surface area (Å²) in [6.45, 7) is 5.48. The van der Waals surface area contributed by atoms with Crippen LogP contribution in [0.4, 0.5) is 0 Å². The Morgan fingerprint density at radius 1 is 1.04 bits per heavy atom. The van der Waals surface area contributed by atoms with Crippen LogP contribution >= 0.6 is 0 Å². The molecule has 4 heteroatoms. The highest BCUT2D eigenvalue weighted by Gasteiger charge is 2.04. The number of nitrogens with one attached hydrogen (secondary N) is 1. The molecule has 0 bridgehead atoms. The van der Waals surface area contributed by atoms with E-state index in [0.29, 0.717) is 6.61 Å². The van der Waals surface area contributed by atoms with Crippen molar-refractivity contribution in [1.29, 1.82) is 0 Å². The fourth-order valence-corrected chi connectivity index (χ4v) is 2.75. The summed E-state index contributed by atoms with van der Waals surface area (Å²) in [7, 11) is 0. The minimum absolute atomic E-state index is 0.602. The van der Waals surface area contributed by atoms with Crippen molar-refractivity contribution in [1.82, 2.24) is 14.9 Å². The lowest BCUT2D eigenvalue weighted by Crippen LogP contribution is -2.17. The van der Waals surface area contributed by atoms with Crippen molar-refractivity contribution >= 4 is 0 Å². The van der Waals surface area contributed by atoms with Crippen molar-refractivity contribution in [3.8, 4) is 5.75 Å². The van der Waals surface area contributed by atoms with Crippen molar-refractivity contribution in [2.75, 3.05) is 6.54 Å². The Kier molecular flexibility index (Phi) is 6.23. The van der Waals surface area contributed by atoms with Gasteiger partial charge in [0.1, 0.15) is 12.4 Å². The molecule has 3 rings (SSSR count). The molecule has 0 saturated carbocycles. The Labute approximate surface area is 149 Å². The zero-order chi connectivity index (χ0) is 17.3. The number of hydrogen-bond acceptors (Lipinski definition) is 3. The van der Waals surface area contributed by atoms with Crippen LogP contribution in [0.15, 0.2) is 67.3 Å². The maximum Gasteiger partial charge on any atom is 0.124 e. The van der Waals surface area contributed by atoms with Gasteiger partial charge in [0.15, 0.2) is 0 Å². The van der Waals surface area contributed by atoms with Crippen LogP contribution in [0.3, 0.4) is 0 Å². The largest absolute Gasteiger partial charge is 0.489 e. The summed E-state index contributed by atoms with van der Waals surface area (Å²) in [5, 5.41) is 3.50. The van der Waals surface area contributed by atoms with Crippen molar-refractivity contribution in [2.45, 2.75) is 33.0 Å². The van der Waals surface area contributed by atoms with Gasteiger partial charge in [0.2, 0.25) is 0 Å². The number of nitrogens with zero attached hydrogens (tertiary/aromatic N) is 2. The van der Waals surface area contributed by atoms with Crippen molar-refractivity contribution in [3.63, 3.8) is 0 Å². The molecule has 1 N–H and O–H groups in total. The Morgan fingerprint density at radius 3 is 2.64 bits per heavy atom. The van der Waals surface area contributed by atoms with E-state index in [9.17, 15) is 0 Å². The average Bonchev–Trinajstić information content (AvgIpc) is 3.15. The van der Waals surface area contributed by atoms with Crippen molar-refractivity contribution in [2.24, 2.45) is 0 Å². The Balaban J connectivity index is 1.48. The number of aromatic nitrogens is 2. The van der Waals surface area contributed by atoms with Gasteiger partial charge in [0, 0.05) is 31.0 Å². The van der Waals surface area contributed by atoms with Gasteiger partial charge in [-0.15, -0.1) is 0 Å². The first-order valence-corrected chi connectivity index (χ1v) is 8.74. The Bertz CT molecular complexity index is 768. The molecule has 1 heterocycles. The van der Waals surface area contributed by atoms with Crippen LogP contribution in [0.5, 0.6) is 5.75 Å². The van der Waals surface area contributed by atoms with Gasteiger partial charge >= 0.3 is 0 Å². The van der Waals surface area contributed by atoms with E-state index >= 15 is 0 Å². The summed E-state index contributed by atoms with van der Waals surface area (Å²) in [5.74, 6) is 0.952. The van der Waals surface area contributed by atoms with Gasteiger partial charge in [-0.25, -0.2) is 4.98 Å². The van der Waals surface area contributed by atoms with Crippen molar-refractivity contribution in [3.05, 3.63) is 83.9 Å². The van der Waals surface area contributed by atoms with E-state index < -0.39 is 0 Å². The molecule has 0 spiro atoms. The highest BCUT2D eigenvalue weighted by atomic mass is 16.5. The van der Waals surface area contributed by atoms with Crippen LogP contribution in [-0.4, -0.2) is 16.1 Å². The van der Waals surface area contributed by atoms with E-state index in [2.05, 4.69) is 58.2 Å². The second kappa shape index (κ2) is 9.04. The van der Waals surface area contributed by atoms with E-state index in [1.165, 1.54) is 16.7 Å². The highest BCUT2D eigenvalue weighted by molar-refractivity contribution is 5.34. The third-order valence-electron chi connectivity index (χ3n) is 4.26. The molecule has 0 fully saturated rings. The Hall–Kier alpha value is -2.59. The topological polar surface area (TPSA) is 39.1 Å². The SMILES string of the molecule is Cc1ccccc1COc1ccccc1CNCCCn1ccnc1. The first kappa shape index (κ1) is 17.2. The molecule has 4 nitrogen and oxygen atoms in total. The van der Waals surface area contributed by atoms with E-state index in [0.717, 1.165) is 31.8 Å². The molecule has 0 saturated heterocycles. The van der Waals surface area contributed by atoms with Crippen LogP contribution < -0.4 is 10.1 Å². The van der Waals surface area contributed by atoms with Crippen LogP contribution in [0, 0.1) is 6.92 Å². The Morgan fingerprint density at radius 2 is 1.84 bits per heavy atom. The molecule has 2 aromatic carbocycles. The van der Waals surface area contributed by atoms with Gasteiger partial charge in [0.05, 0.1) is 6.33 Å². The monoisotopic (exact) mass is 335 g/mol. The fourth-order valence-electron chi connectivity index (χ4n) is 2.75. The zero-order valence-corrected chi connectivity index (χ0v) is 14.7. The van der Waals surface area contributed by atoms with Crippen LogP contribution in [0.1, 0.15) is 23.1 Å². The quantitative estimate of drug-likeness (QED) is 0.602. The van der Waals surface area contributed by atoms with Gasteiger partial charge in [-0.2, -0.15) is 0 Å². The average molecular weight is 335 g/mol. The second-order valence-corrected chi connectivity index (χ2v) is 6.15. The molecule has 0 radical (unpaired) electrons. The molecular formula is C21H25N3O. The standard InChI is InChI=1S/C21H25N3O/c1-18-7-2-3-9-20(18)16-25-21-10-5-4-8-19(21)15-22-11-6-13-24-14-12-23-17-24/h2-5,7-10,12,14,17,22H,6,11,13,15-16H2,1H3. The van der Waals surface area contributed by atoms with Crippen LogP contribution in [0.25, 0.3) is 0 Å². The molecule has 0 aliphatic carbocycles. The van der Waals surface area contributed by atoms with Crippen molar-refractivity contribution < 1.29 is 4.74 Å². The molecular weight excluding hydrogens is 310 g/mol. The first-order chi connectivity index (χ1) is 12.3. The maximum atomic E-state index is 6.07. The molecule has 0 unspecified atom stereocenters. The van der Waals surface area contributed by atoms with Gasteiger partial charge in [-0.3, -0.25) is 0 Å². The first-order valence-electron chi connectivity index (χ1n) is 8.74. The normalized spacial score (nSPS) is 10.8. The molecule has 1 aromatic heterocycles. The lowest BCUT2D eigenvalue weighted by atomic mass is 10.1. The fraction of sp³-hybridized carbons (Fsp3) is 0.286. The van der Waals surface area contributed by atoms with E-state index in [4.69, 9.17) is 4.74 Å². The number of aryl methyl sites for hydroxylation is 2. The molecule has 0 aliphatic rings. The van der Waals surface area contributed by atoms with Crippen LogP contribution in [-0.2, 0) is 19.7 Å². The lowest BCUT2D eigenvalue weighted by molar-refractivity contribution is 0.301. The number of para-hydroxylation sites is 1. The molecule has 25 heavy (non-hydrogen) atoms. The number of benzene rings is 2. The van der Waals surface area contributed by atoms with E-state index in [1.807, 2.05) is 30.9 Å². The molecule has 3 aromatic rings. The summed E-state index contributed by atoms with van der Waals surface area (Å²) in [6.07, 6.45) is 6.74. The van der Waals surface area contributed by atoms with Gasteiger partial charge in [0.25, 0.3) is 0 Å². The number of imidazole rings is 1. The second-order valence-electron chi connectivity index (χ2n) is 6.15.